The van der Waals surface area contributed by atoms with E-state index in [2.05, 4.69) is 10.1 Å². The van der Waals surface area contributed by atoms with Gasteiger partial charge < -0.3 is 10.6 Å². The quantitative estimate of drug-likeness (QED) is 0.763. The Bertz CT molecular complexity index is 1010. The third-order valence-corrected chi connectivity index (χ3v) is 4.79. The van der Waals surface area contributed by atoms with E-state index in [1.165, 1.54) is 22.8 Å². The van der Waals surface area contributed by atoms with E-state index in [-0.39, 0.29) is 16.8 Å². The van der Waals surface area contributed by atoms with E-state index >= 15 is 0 Å². The highest BCUT2D eigenvalue weighted by molar-refractivity contribution is 5.98. The summed E-state index contributed by atoms with van der Waals surface area (Å²) in [5.41, 5.74) is 5.39. The Kier molecular flexibility index (Phi) is 4.01. The standard InChI is InChI=1S/C18H16F3N5O/c19-18(20,21)13-5-2-1-4-11(13)14-6-3-8-25(14)15-7-9-26-17(24-15)12(10-23-26)16(22)27/h1-2,4-5,7,9-10,14H,3,6,8H2,(H2,22,27). The van der Waals surface area contributed by atoms with Gasteiger partial charge in [0.1, 0.15) is 11.4 Å². The number of hydrogen-bond acceptors (Lipinski definition) is 4. The zero-order valence-corrected chi connectivity index (χ0v) is 14.1. The van der Waals surface area contributed by atoms with Crippen molar-refractivity contribution in [3.05, 3.63) is 59.4 Å². The Morgan fingerprint density at radius 1 is 1.22 bits per heavy atom. The Morgan fingerprint density at radius 3 is 2.74 bits per heavy atom. The van der Waals surface area contributed by atoms with Gasteiger partial charge >= 0.3 is 6.18 Å². The number of primary amides is 1. The summed E-state index contributed by atoms with van der Waals surface area (Å²) < 4.78 is 41.7. The van der Waals surface area contributed by atoms with E-state index in [9.17, 15) is 18.0 Å². The van der Waals surface area contributed by atoms with Gasteiger partial charge in [-0.1, -0.05) is 18.2 Å². The number of rotatable bonds is 3. The second-order valence-corrected chi connectivity index (χ2v) is 6.41. The maximum Gasteiger partial charge on any atom is 0.416 e. The van der Waals surface area contributed by atoms with Crippen molar-refractivity contribution in [2.24, 2.45) is 5.73 Å². The molecule has 3 heterocycles. The SMILES string of the molecule is NC(=O)c1cnn2ccc(N3CCCC3c3ccccc3C(F)(F)F)nc12. The highest BCUT2D eigenvalue weighted by Crippen LogP contribution is 2.41. The van der Waals surface area contributed by atoms with Crippen LogP contribution >= 0.6 is 0 Å². The van der Waals surface area contributed by atoms with Crippen molar-refractivity contribution in [2.75, 3.05) is 11.4 Å². The van der Waals surface area contributed by atoms with Gasteiger partial charge in [0, 0.05) is 12.7 Å². The molecule has 1 aliphatic rings. The molecule has 1 fully saturated rings. The molecule has 1 aromatic carbocycles. The van der Waals surface area contributed by atoms with Crippen LogP contribution in [0.1, 0.15) is 40.4 Å². The number of carbonyl (C=O) groups excluding carboxylic acids is 1. The van der Waals surface area contributed by atoms with E-state index in [0.29, 0.717) is 18.8 Å². The Labute approximate surface area is 152 Å². The highest BCUT2D eigenvalue weighted by Gasteiger charge is 2.38. The molecule has 3 aromatic rings. The molecule has 9 heteroatoms. The number of fused-ring (bicyclic) bond motifs is 1. The predicted octanol–water partition coefficient (Wildman–Crippen LogP) is 3.19. The number of nitrogens with two attached hydrogens (primary N) is 1. The Morgan fingerprint density at radius 2 is 2.00 bits per heavy atom. The number of alkyl halides is 3. The van der Waals surface area contributed by atoms with Crippen LogP contribution in [0.3, 0.4) is 0 Å². The molecule has 2 N–H and O–H groups in total. The molecule has 1 atom stereocenters. The topological polar surface area (TPSA) is 76.5 Å². The van der Waals surface area contributed by atoms with E-state index in [0.717, 1.165) is 12.5 Å². The van der Waals surface area contributed by atoms with Crippen LogP contribution in [0.5, 0.6) is 0 Å². The lowest BCUT2D eigenvalue weighted by Crippen LogP contribution is -2.26. The first kappa shape index (κ1) is 17.3. The summed E-state index contributed by atoms with van der Waals surface area (Å²) in [7, 11) is 0. The fourth-order valence-electron chi connectivity index (χ4n) is 3.60. The van der Waals surface area contributed by atoms with Gasteiger partial charge in [-0.15, -0.1) is 0 Å². The van der Waals surface area contributed by atoms with Crippen molar-refractivity contribution in [1.29, 1.82) is 0 Å². The molecule has 6 nitrogen and oxygen atoms in total. The van der Waals surface area contributed by atoms with Gasteiger partial charge in [-0.25, -0.2) is 9.50 Å². The minimum Gasteiger partial charge on any atom is -0.365 e. The molecular weight excluding hydrogens is 359 g/mol. The Balaban J connectivity index is 1.78. The number of hydrogen-bond donors (Lipinski definition) is 1. The molecule has 0 aliphatic carbocycles. The number of carbonyl (C=O) groups is 1. The first-order valence-corrected chi connectivity index (χ1v) is 8.43. The zero-order chi connectivity index (χ0) is 19.2. The number of halogens is 3. The lowest BCUT2D eigenvalue weighted by atomic mass is 9.98. The highest BCUT2D eigenvalue weighted by atomic mass is 19.4. The van der Waals surface area contributed by atoms with Gasteiger partial charge in [0.2, 0.25) is 0 Å². The molecule has 0 radical (unpaired) electrons. The lowest BCUT2D eigenvalue weighted by molar-refractivity contribution is -0.138. The monoisotopic (exact) mass is 375 g/mol. The number of nitrogens with zero attached hydrogens (tertiary/aromatic N) is 4. The third-order valence-electron chi connectivity index (χ3n) is 4.79. The summed E-state index contributed by atoms with van der Waals surface area (Å²) in [6.07, 6.45) is -0.148. The minimum atomic E-state index is -4.42. The Hall–Kier alpha value is -3.10. The van der Waals surface area contributed by atoms with E-state index in [4.69, 9.17) is 5.73 Å². The summed E-state index contributed by atoms with van der Waals surface area (Å²) in [5.74, 6) is -0.167. The van der Waals surface area contributed by atoms with E-state index in [1.54, 1.807) is 18.3 Å². The second-order valence-electron chi connectivity index (χ2n) is 6.41. The summed E-state index contributed by atoms with van der Waals surface area (Å²) >= 11 is 0. The molecular formula is C18H16F3N5O. The summed E-state index contributed by atoms with van der Waals surface area (Å²) in [6.45, 7) is 0.570. The van der Waals surface area contributed by atoms with E-state index < -0.39 is 23.7 Å². The average Bonchev–Trinajstić information content (AvgIpc) is 3.27. The molecule has 4 rings (SSSR count). The van der Waals surface area contributed by atoms with Crippen molar-refractivity contribution in [2.45, 2.75) is 25.1 Å². The number of aromatic nitrogens is 3. The fraction of sp³-hybridized carbons (Fsp3) is 0.278. The molecule has 27 heavy (non-hydrogen) atoms. The van der Waals surface area contributed by atoms with Gasteiger partial charge in [-0.2, -0.15) is 18.3 Å². The maximum atomic E-state index is 13.4. The molecule has 1 unspecified atom stereocenters. The van der Waals surface area contributed by atoms with Crippen molar-refractivity contribution in [3.8, 4) is 0 Å². The van der Waals surface area contributed by atoms with Gasteiger partial charge in [0.05, 0.1) is 17.8 Å². The first-order chi connectivity index (χ1) is 12.9. The van der Waals surface area contributed by atoms with Gasteiger partial charge in [0.15, 0.2) is 5.65 Å². The molecule has 0 bridgehead atoms. The first-order valence-electron chi connectivity index (χ1n) is 8.43. The van der Waals surface area contributed by atoms with Crippen molar-refractivity contribution < 1.29 is 18.0 Å². The molecule has 1 aliphatic heterocycles. The fourth-order valence-corrected chi connectivity index (χ4v) is 3.60. The van der Waals surface area contributed by atoms with Crippen molar-refractivity contribution >= 4 is 17.4 Å². The zero-order valence-electron chi connectivity index (χ0n) is 14.1. The largest absolute Gasteiger partial charge is 0.416 e. The molecule has 1 amide bonds. The molecule has 0 spiro atoms. The maximum absolute atomic E-state index is 13.4. The summed E-state index contributed by atoms with van der Waals surface area (Å²) in [6, 6.07) is 6.85. The smallest absolute Gasteiger partial charge is 0.365 e. The third kappa shape index (κ3) is 2.98. The minimum absolute atomic E-state index is 0.170. The van der Waals surface area contributed by atoms with Crippen LogP contribution in [-0.4, -0.2) is 27.0 Å². The second kappa shape index (κ2) is 6.26. The van der Waals surface area contributed by atoms with Gasteiger partial charge in [-0.3, -0.25) is 4.79 Å². The molecule has 1 saturated heterocycles. The van der Waals surface area contributed by atoms with Crippen molar-refractivity contribution in [3.63, 3.8) is 0 Å². The van der Waals surface area contributed by atoms with Crippen LogP contribution in [0, 0.1) is 0 Å². The van der Waals surface area contributed by atoms with Crippen LogP contribution in [0.25, 0.3) is 5.65 Å². The number of anilines is 1. The van der Waals surface area contributed by atoms with Crippen LogP contribution in [0.4, 0.5) is 19.0 Å². The average molecular weight is 375 g/mol. The summed E-state index contributed by atoms with van der Waals surface area (Å²) in [5, 5.41) is 4.02. The van der Waals surface area contributed by atoms with Crippen LogP contribution < -0.4 is 10.6 Å². The summed E-state index contributed by atoms with van der Waals surface area (Å²) in [4.78, 5) is 17.8. The lowest BCUT2D eigenvalue weighted by Gasteiger charge is -2.28. The number of benzene rings is 1. The molecule has 140 valence electrons. The molecule has 0 saturated carbocycles. The van der Waals surface area contributed by atoms with Gasteiger partial charge in [0.25, 0.3) is 5.91 Å². The van der Waals surface area contributed by atoms with Crippen molar-refractivity contribution in [1.82, 2.24) is 14.6 Å². The van der Waals surface area contributed by atoms with E-state index in [1.807, 2.05) is 4.90 Å². The normalized spacial score (nSPS) is 17.6. The van der Waals surface area contributed by atoms with Crippen LogP contribution in [-0.2, 0) is 6.18 Å². The number of amides is 1. The van der Waals surface area contributed by atoms with Crippen LogP contribution in [0.2, 0.25) is 0 Å². The van der Waals surface area contributed by atoms with Gasteiger partial charge in [-0.05, 0) is 30.5 Å². The molecule has 2 aromatic heterocycles. The van der Waals surface area contributed by atoms with Crippen LogP contribution in [0.15, 0.2) is 42.7 Å². The predicted molar refractivity (Wildman–Crippen MR) is 92.3 cm³/mol.